The van der Waals surface area contributed by atoms with Gasteiger partial charge in [0.15, 0.2) is 0 Å². The van der Waals surface area contributed by atoms with E-state index in [1.165, 1.54) is 43.5 Å². The van der Waals surface area contributed by atoms with Crippen LogP contribution in [0.5, 0.6) is 0 Å². The smallest absolute Gasteiger partial charge is 0.0237 e. The van der Waals surface area contributed by atoms with E-state index in [0.29, 0.717) is 12.1 Å². The highest BCUT2D eigenvalue weighted by Crippen LogP contribution is 2.14. The molecule has 112 valence electrons. The average Bonchev–Trinajstić information content (AvgIpc) is 2.48. The zero-order valence-corrected chi connectivity index (χ0v) is 13.4. The third kappa shape index (κ3) is 4.60. The van der Waals surface area contributed by atoms with Crippen molar-refractivity contribution in [1.82, 2.24) is 10.2 Å². The van der Waals surface area contributed by atoms with Crippen LogP contribution in [-0.2, 0) is 13.0 Å². The molecule has 2 nitrogen and oxygen atoms in total. The SMILES string of the molecule is CCc1ccc(CN(CC2CCCCN2)C(C)C)cc1. The van der Waals surface area contributed by atoms with Crippen molar-refractivity contribution in [3.8, 4) is 0 Å². The first-order valence-corrected chi connectivity index (χ1v) is 8.24. The van der Waals surface area contributed by atoms with Gasteiger partial charge in [0.25, 0.3) is 0 Å². The van der Waals surface area contributed by atoms with Crippen LogP contribution in [0, 0.1) is 0 Å². The molecule has 1 aliphatic rings. The molecule has 0 aliphatic carbocycles. The van der Waals surface area contributed by atoms with E-state index in [1.807, 2.05) is 0 Å². The topological polar surface area (TPSA) is 15.3 Å². The van der Waals surface area contributed by atoms with Gasteiger partial charge in [0.05, 0.1) is 0 Å². The van der Waals surface area contributed by atoms with E-state index in [9.17, 15) is 0 Å². The van der Waals surface area contributed by atoms with Crippen molar-refractivity contribution in [2.75, 3.05) is 13.1 Å². The van der Waals surface area contributed by atoms with Gasteiger partial charge in [-0.25, -0.2) is 0 Å². The zero-order valence-electron chi connectivity index (χ0n) is 13.4. The van der Waals surface area contributed by atoms with Gasteiger partial charge in [-0.05, 0) is 50.8 Å². The van der Waals surface area contributed by atoms with Crippen LogP contribution in [0.3, 0.4) is 0 Å². The van der Waals surface area contributed by atoms with E-state index in [1.54, 1.807) is 0 Å². The van der Waals surface area contributed by atoms with E-state index in [-0.39, 0.29) is 0 Å². The first-order chi connectivity index (χ1) is 9.69. The molecule has 0 radical (unpaired) electrons. The van der Waals surface area contributed by atoms with Crippen molar-refractivity contribution in [2.45, 2.75) is 65.1 Å². The van der Waals surface area contributed by atoms with Crippen molar-refractivity contribution in [3.05, 3.63) is 35.4 Å². The predicted molar refractivity (Wildman–Crippen MR) is 87.0 cm³/mol. The maximum Gasteiger partial charge on any atom is 0.0237 e. The largest absolute Gasteiger partial charge is 0.313 e. The van der Waals surface area contributed by atoms with Crippen molar-refractivity contribution in [2.24, 2.45) is 0 Å². The fourth-order valence-electron chi connectivity index (χ4n) is 2.94. The number of nitrogens with one attached hydrogen (secondary N) is 1. The molecular formula is C18H30N2. The van der Waals surface area contributed by atoms with Gasteiger partial charge in [-0.3, -0.25) is 4.90 Å². The zero-order chi connectivity index (χ0) is 14.4. The molecule has 0 aromatic heterocycles. The van der Waals surface area contributed by atoms with Crippen LogP contribution in [0.1, 0.15) is 51.2 Å². The fourth-order valence-corrected chi connectivity index (χ4v) is 2.94. The normalized spacial score (nSPS) is 19.8. The molecule has 1 fully saturated rings. The van der Waals surface area contributed by atoms with Crippen LogP contribution in [0.2, 0.25) is 0 Å². The second-order valence-corrected chi connectivity index (χ2v) is 6.34. The maximum atomic E-state index is 3.67. The molecular weight excluding hydrogens is 244 g/mol. The third-order valence-corrected chi connectivity index (χ3v) is 4.41. The lowest BCUT2D eigenvalue weighted by atomic mass is 10.0. The van der Waals surface area contributed by atoms with Gasteiger partial charge in [0, 0.05) is 25.2 Å². The minimum Gasteiger partial charge on any atom is -0.313 e. The van der Waals surface area contributed by atoms with Crippen molar-refractivity contribution in [1.29, 1.82) is 0 Å². The van der Waals surface area contributed by atoms with Gasteiger partial charge in [-0.15, -0.1) is 0 Å². The highest BCUT2D eigenvalue weighted by atomic mass is 15.2. The molecule has 0 spiro atoms. The monoisotopic (exact) mass is 274 g/mol. The van der Waals surface area contributed by atoms with Crippen LogP contribution >= 0.6 is 0 Å². The standard InChI is InChI=1S/C18H30N2/c1-4-16-8-10-17(11-9-16)13-20(15(2)3)14-18-7-5-6-12-19-18/h8-11,15,18-19H,4-7,12-14H2,1-3H3. The van der Waals surface area contributed by atoms with Gasteiger partial charge >= 0.3 is 0 Å². The molecule has 0 bridgehead atoms. The molecule has 20 heavy (non-hydrogen) atoms. The number of hydrogen-bond donors (Lipinski definition) is 1. The maximum absolute atomic E-state index is 3.67. The Morgan fingerprint density at radius 1 is 1.15 bits per heavy atom. The van der Waals surface area contributed by atoms with E-state index in [2.05, 4.69) is 55.3 Å². The molecule has 2 rings (SSSR count). The summed E-state index contributed by atoms with van der Waals surface area (Å²) in [6, 6.07) is 10.4. The number of piperidine rings is 1. The molecule has 0 saturated carbocycles. The molecule has 1 saturated heterocycles. The Bertz CT molecular complexity index is 377. The highest BCUT2D eigenvalue weighted by molar-refractivity contribution is 5.22. The van der Waals surface area contributed by atoms with Crippen LogP contribution in [0.4, 0.5) is 0 Å². The molecule has 1 atom stereocenters. The Hall–Kier alpha value is -0.860. The first kappa shape index (κ1) is 15.5. The Morgan fingerprint density at radius 2 is 1.85 bits per heavy atom. The summed E-state index contributed by atoms with van der Waals surface area (Å²) in [5.74, 6) is 0. The highest BCUT2D eigenvalue weighted by Gasteiger charge is 2.18. The number of nitrogens with zero attached hydrogens (tertiary/aromatic N) is 1. The van der Waals surface area contributed by atoms with Crippen LogP contribution in [-0.4, -0.2) is 30.1 Å². The summed E-state index contributed by atoms with van der Waals surface area (Å²) in [6.07, 6.45) is 5.18. The van der Waals surface area contributed by atoms with E-state index < -0.39 is 0 Å². The summed E-state index contributed by atoms with van der Waals surface area (Å²) in [7, 11) is 0. The second kappa shape index (κ2) is 7.80. The number of hydrogen-bond acceptors (Lipinski definition) is 2. The molecule has 1 aliphatic heterocycles. The molecule has 1 N–H and O–H groups in total. The second-order valence-electron chi connectivity index (χ2n) is 6.34. The Balaban J connectivity index is 1.93. The lowest BCUT2D eigenvalue weighted by molar-refractivity contribution is 0.177. The third-order valence-electron chi connectivity index (χ3n) is 4.41. The van der Waals surface area contributed by atoms with Gasteiger partial charge in [0.2, 0.25) is 0 Å². The number of benzene rings is 1. The minimum atomic E-state index is 0.601. The Kier molecular flexibility index (Phi) is 6.06. The summed E-state index contributed by atoms with van der Waals surface area (Å²) in [5, 5.41) is 3.67. The summed E-state index contributed by atoms with van der Waals surface area (Å²) in [5.41, 5.74) is 2.87. The van der Waals surface area contributed by atoms with Crippen molar-refractivity contribution < 1.29 is 0 Å². The van der Waals surface area contributed by atoms with Crippen LogP contribution in [0.25, 0.3) is 0 Å². The number of rotatable bonds is 6. The lowest BCUT2D eigenvalue weighted by Crippen LogP contribution is -2.45. The van der Waals surface area contributed by atoms with Gasteiger partial charge in [0.1, 0.15) is 0 Å². The quantitative estimate of drug-likeness (QED) is 0.852. The molecule has 2 heteroatoms. The van der Waals surface area contributed by atoms with Crippen LogP contribution < -0.4 is 5.32 Å². The van der Waals surface area contributed by atoms with Crippen LogP contribution in [0.15, 0.2) is 24.3 Å². The Morgan fingerprint density at radius 3 is 2.40 bits per heavy atom. The van der Waals surface area contributed by atoms with Gasteiger partial charge in [-0.1, -0.05) is 37.6 Å². The van der Waals surface area contributed by atoms with E-state index in [4.69, 9.17) is 0 Å². The number of aryl methyl sites for hydroxylation is 1. The van der Waals surface area contributed by atoms with E-state index >= 15 is 0 Å². The van der Waals surface area contributed by atoms with Crippen molar-refractivity contribution >= 4 is 0 Å². The molecule has 1 aromatic rings. The molecule has 0 amide bonds. The van der Waals surface area contributed by atoms with Crippen molar-refractivity contribution in [3.63, 3.8) is 0 Å². The van der Waals surface area contributed by atoms with Gasteiger partial charge in [-0.2, -0.15) is 0 Å². The molecule has 1 aromatic carbocycles. The lowest BCUT2D eigenvalue weighted by Gasteiger charge is -2.33. The minimum absolute atomic E-state index is 0.601. The average molecular weight is 274 g/mol. The Labute approximate surface area is 124 Å². The predicted octanol–water partition coefficient (Wildman–Crippen LogP) is 3.60. The summed E-state index contributed by atoms with van der Waals surface area (Å²) in [6.45, 7) is 10.3. The van der Waals surface area contributed by atoms with E-state index in [0.717, 1.165) is 13.0 Å². The summed E-state index contributed by atoms with van der Waals surface area (Å²) >= 11 is 0. The van der Waals surface area contributed by atoms with Gasteiger partial charge < -0.3 is 5.32 Å². The summed E-state index contributed by atoms with van der Waals surface area (Å²) < 4.78 is 0. The fraction of sp³-hybridized carbons (Fsp3) is 0.667. The molecule has 1 heterocycles. The first-order valence-electron chi connectivity index (χ1n) is 8.24. The molecule has 1 unspecified atom stereocenters. The summed E-state index contributed by atoms with van der Waals surface area (Å²) in [4.78, 5) is 2.60.